The van der Waals surface area contributed by atoms with E-state index in [2.05, 4.69) is 29.6 Å². The van der Waals surface area contributed by atoms with Crippen molar-refractivity contribution in [3.05, 3.63) is 17.0 Å². The molecule has 6 nitrogen and oxygen atoms in total. The highest BCUT2D eigenvalue weighted by Crippen LogP contribution is 2.28. The topological polar surface area (TPSA) is 68.2 Å². The monoisotopic (exact) mass is 336 g/mol. The maximum absolute atomic E-state index is 12.3. The van der Waals surface area contributed by atoms with Crippen LogP contribution in [0.25, 0.3) is 0 Å². The van der Waals surface area contributed by atoms with E-state index >= 15 is 0 Å². The molecule has 0 bridgehead atoms. The van der Waals surface area contributed by atoms with E-state index in [0.717, 1.165) is 23.5 Å². The molecule has 2 amide bonds. The molecule has 24 heavy (non-hydrogen) atoms. The molecule has 1 aliphatic rings. The molecule has 0 spiro atoms. The number of nitrogens with one attached hydrogen (secondary N) is 2. The normalized spacial score (nSPS) is 24.0. The highest BCUT2D eigenvalue weighted by Gasteiger charge is 2.28. The molecule has 1 saturated carbocycles. The number of amides is 2. The molecule has 2 rings (SSSR count). The molecule has 1 aromatic rings. The Balaban J connectivity index is 1.90. The third-order valence-electron chi connectivity index (χ3n) is 5.31. The van der Waals surface area contributed by atoms with Crippen molar-refractivity contribution in [2.45, 2.75) is 66.1 Å². The second kappa shape index (κ2) is 8.51. The number of hydrogen-bond donors (Lipinski definition) is 2. The fourth-order valence-corrected chi connectivity index (χ4v) is 3.72. The standard InChI is InChI=1S/C18H32N4O2/c1-12-7-6-8-13(2)17(12)20-18(23)19-11-16-14(3)21-22(15(16)4)9-10-24-5/h12-13,17H,6-11H2,1-5H3,(H2,19,20,23). The van der Waals surface area contributed by atoms with Crippen molar-refractivity contribution in [2.24, 2.45) is 11.8 Å². The van der Waals surface area contributed by atoms with Gasteiger partial charge in [0.25, 0.3) is 0 Å². The Bertz CT molecular complexity index is 545. The molecule has 0 saturated heterocycles. The minimum Gasteiger partial charge on any atom is -0.383 e. The van der Waals surface area contributed by atoms with Crippen LogP contribution in [-0.4, -0.2) is 35.6 Å². The molecule has 2 atom stereocenters. The predicted molar refractivity (Wildman–Crippen MR) is 94.9 cm³/mol. The molecule has 1 aromatic heterocycles. The van der Waals surface area contributed by atoms with E-state index < -0.39 is 0 Å². The summed E-state index contributed by atoms with van der Waals surface area (Å²) >= 11 is 0. The van der Waals surface area contributed by atoms with Crippen molar-refractivity contribution < 1.29 is 9.53 Å². The Morgan fingerprint density at radius 1 is 1.29 bits per heavy atom. The van der Waals surface area contributed by atoms with Gasteiger partial charge in [0, 0.05) is 31.0 Å². The van der Waals surface area contributed by atoms with E-state index in [4.69, 9.17) is 4.74 Å². The van der Waals surface area contributed by atoms with Gasteiger partial charge in [0.15, 0.2) is 0 Å². The lowest BCUT2D eigenvalue weighted by atomic mass is 9.79. The number of urea groups is 1. The zero-order valence-electron chi connectivity index (χ0n) is 15.7. The van der Waals surface area contributed by atoms with E-state index in [-0.39, 0.29) is 12.1 Å². The van der Waals surface area contributed by atoms with Gasteiger partial charge in [0.05, 0.1) is 18.8 Å². The second-order valence-electron chi connectivity index (χ2n) is 7.10. The number of aryl methyl sites for hydroxylation is 1. The molecule has 1 aliphatic carbocycles. The SMILES string of the molecule is COCCn1nc(C)c(CNC(=O)NC2C(C)CCCC2C)c1C. The van der Waals surface area contributed by atoms with E-state index in [1.54, 1.807) is 7.11 Å². The molecule has 2 N–H and O–H groups in total. The van der Waals surface area contributed by atoms with Gasteiger partial charge in [0.2, 0.25) is 0 Å². The van der Waals surface area contributed by atoms with Crippen LogP contribution in [0.2, 0.25) is 0 Å². The predicted octanol–water partition coefficient (Wildman–Crippen LogP) is 2.77. The van der Waals surface area contributed by atoms with Gasteiger partial charge in [-0.3, -0.25) is 4.68 Å². The summed E-state index contributed by atoms with van der Waals surface area (Å²) in [6.07, 6.45) is 3.65. The lowest BCUT2D eigenvalue weighted by Crippen LogP contribution is -2.49. The lowest BCUT2D eigenvalue weighted by Gasteiger charge is -2.35. The minimum absolute atomic E-state index is 0.0796. The molecule has 1 heterocycles. The number of ether oxygens (including phenoxy) is 1. The first-order chi connectivity index (χ1) is 11.4. The molecule has 0 aliphatic heterocycles. The Hall–Kier alpha value is -1.56. The number of carbonyl (C=O) groups is 1. The first kappa shape index (κ1) is 18.8. The van der Waals surface area contributed by atoms with E-state index in [1.807, 2.05) is 18.5 Å². The smallest absolute Gasteiger partial charge is 0.315 e. The maximum atomic E-state index is 12.3. The molecule has 1 fully saturated rings. The highest BCUT2D eigenvalue weighted by atomic mass is 16.5. The van der Waals surface area contributed by atoms with Crippen LogP contribution < -0.4 is 10.6 Å². The van der Waals surface area contributed by atoms with Crippen molar-refractivity contribution in [3.8, 4) is 0 Å². The molecule has 2 unspecified atom stereocenters. The maximum Gasteiger partial charge on any atom is 0.315 e. The molecule has 136 valence electrons. The molecular formula is C18H32N4O2. The average Bonchev–Trinajstić information content (AvgIpc) is 2.81. The van der Waals surface area contributed by atoms with Gasteiger partial charge in [-0.1, -0.05) is 20.3 Å². The average molecular weight is 336 g/mol. The number of nitrogens with zero attached hydrogens (tertiary/aromatic N) is 2. The van der Waals surface area contributed by atoms with Crippen molar-refractivity contribution in [1.82, 2.24) is 20.4 Å². The van der Waals surface area contributed by atoms with Gasteiger partial charge in [-0.05, 0) is 38.5 Å². The lowest BCUT2D eigenvalue weighted by molar-refractivity contribution is 0.182. The summed E-state index contributed by atoms with van der Waals surface area (Å²) in [4.78, 5) is 12.3. The van der Waals surface area contributed by atoms with Crippen molar-refractivity contribution in [2.75, 3.05) is 13.7 Å². The largest absolute Gasteiger partial charge is 0.383 e. The summed E-state index contributed by atoms with van der Waals surface area (Å²) < 4.78 is 7.06. The Morgan fingerprint density at radius 3 is 2.58 bits per heavy atom. The van der Waals surface area contributed by atoms with Gasteiger partial charge in [-0.15, -0.1) is 0 Å². The molecular weight excluding hydrogens is 304 g/mol. The Morgan fingerprint density at radius 2 is 1.96 bits per heavy atom. The van der Waals surface area contributed by atoms with Crippen molar-refractivity contribution in [1.29, 1.82) is 0 Å². The summed E-state index contributed by atoms with van der Waals surface area (Å²) in [7, 11) is 1.69. The van der Waals surface area contributed by atoms with Crippen LogP contribution in [0.3, 0.4) is 0 Å². The third-order valence-corrected chi connectivity index (χ3v) is 5.31. The summed E-state index contributed by atoms with van der Waals surface area (Å²) in [6, 6.07) is 0.189. The van der Waals surface area contributed by atoms with E-state index in [0.29, 0.717) is 25.0 Å². The first-order valence-electron chi connectivity index (χ1n) is 9.00. The summed E-state index contributed by atoms with van der Waals surface area (Å²) in [5.74, 6) is 1.08. The fourth-order valence-electron chi connectivity index (χ4n) is 3.72. The van der Waals surface area contributed by atoms with Crippen LogP contribution in [0, 0.1) is 25.7 Å². The Labute approximate surface area is 145 Å². The van der Waals surface area contributed by atoms with E-state index in [1.165, 1.54) is 19.3 Å². The third kappa shape index (κ3) is 4.50. The number of carbonyl (C=O) groups excluding carboxylic acids is 1. The summed E-state index contributed by atoms with van der Waals surface area (Å²) in [5, 5.41) is 10.7. The number of aromatic nitrogens is 2. The van der Waals surface area contributed by atoms with Crippen LogP contribution in [0.15, 0.2) is 0 Å². The molecule has 0 aromatic carbocycles. The van der Waals surface area contributed by atoms with Crippen LogP contribution in [0.5, 0.6) is 0 Å². The first-order valence-corrected chi connectivity index (χ1v) is 9.00. The van der Waals surface area contributed by atoms with Gasteiger partial charge in [0.1, 0.15) is 0 Å². The van der Waals surface area contributed by atoms with Gasteiger partial charge < -0.3 is 15.4 Å². The number of methoxy groups -OCH3 is 1. The van der Waals surface area contributed by atoms with Gasteiger partial charge >= 0.3 is 6.03 Å². The van der Waals surface area contributed by atoms with Crippen LogP contribution >= 0.6 is 0 Å². The zero-order chi connectivity index (χ0) is 17.7. The van der Waals surface area contributed by atoms with Gasteiger partial charge in [-0.2, -0.15) is 5.10 Å². The quantitative estimate of drug-likeness (QED) is 0.839. The number of hydrogen-bond acceptors (Lipinski definition) is 3. The molecule has 6 heteroatoms. The second-order valence-corrected chi connectivity index (χ2v) is 7.10. The fraction of sp³-hybridized carbons (Fsp3) is 0.778. The van der Waals surface area contributed by atoms with Crippen molar-refractivity contribution >= 4 is 6.03 Å². The molecule has 0 radical (unpaired) electrons. The minimum atomic E-state index is -0.0796. The summed E-state index contributed by atoms with van der Waals surface area (Å²) in [5.41, 5.74) is 3.14. The van der Waals surface area contributed by atoms with E-state index in [9.17, 15) is 4.79 Å². The van der Waals surface area contributed by atoms with Crippen molar-refractivity contribution in [3.63, 3.8) is 0 Å². The van der Waals surface area contributed by atoms with Crippen LogP contribution in [-0.2, 0) is 17.8 Å². The van der Waals surface area contributed by atoms with Crippen LogP contribution in [0.1, 0.15) is 50.1 Å². The zero-order valence-corrected chi connectivity index (χ0v) is 15.7. The van der Waals surface area contributed by atoms with Gasteiger partial charge in [-0.25, -0.2) is 4.79 Å². The van der Waals surface area contributed by atoms with Crippen LogP contribution in [0.4, 0.5) is 4.79 Å². The highest BCUT2D eigenvalue weighted by molar-refractivity contribution is 5.74. The Kier molecular flexibility index (Phi) is 6.66. The summed E-state index contributed by atoms with van der Waals surface area (Å²) in [6.45, 7) is 10.3. The number of rotatable bonds is 6.